The van der Waals surface area contributed by atoms with Crippen LogP contribution in [-0.2, 0) is 4.74 Å². The highest BCUT2D eigenvalue weighted by molar-refractivity contribution is 7.80. The van der Waals surface area contributed by atoms with Crippen LogP contribution >= 0.6 is 12.2 Å². The van der Waals surface area contributed by atoms with Crippen LogP contribution in [0.25, 0.3) is 0 Å². The molecule has 0 amide bonds. The molecule has 0 aromatic carbocycles. The Kier molecular flexibility index (Phi) is 5.77. The van der Waals surface area contributed by atoms with Gasteiger partial charge in [-0.3, -0.25) is 0 Å². The second kappa shape index (κ2) is 6.86. The Labute approximate surface area is 103 Å². The van der Waals surface area contributed by atoms with Gasteiger partial charge in [0.2, 0.25) is 0 Å². The van der Waals surface area contributed by atoms with Crippen LogP contribution in [0.5, 0.6) is 0 Å². The summed E-state index contributed by atoms with van der Waals surface area (Å²) in [5.74, 6) is 0.786. The molecule has 0 radical (unpaired) electrons. The van der Waals surface area contributed by atoms with E-state index in [2.05, 4.69) is 19.2 Å². The molecule has 0 spiro atoms. The van der Waals surface area contributed by atoms with Crippen molar-refractivity contribution in [3.8, 4) is 0 Å². The number of ether oxygens (including phenoxy) is 1. The van der Waals surface area contributed by atoms with E-state index in [-0.39, 0.29) is 0 Å². The Morgan fingerprint density at radius 2 is 2.12 bits per heavy atom. The average Bonchev–Trinajstić information content (AvgIpc) is 2.21. The molecule has 0 aromatic rings. The first kappa shape index (κ1) is 13.5. The molecule has 3 N–H and O–H groups in total. The van der Waals surface area contributed by atoms with Crippen LogP contribution in [0.2, 0.25) is 0 Å². The molecular weight excluding hydrogens is 220 g/mol. The van der Waals surface area contributed by atoms with E-state index in [9.17, 15) is 0 Å². The molecule has 1 aliphatic heterocycles. The van der Waals surface area contributed by atoms with Crippen molar-refractivity contribution in [2.45, 2.75) is 33.1 Å². The quantitative estimate of drug-likeness (QED) is 0.552. The van der Waals surface area contributed by atoms with E-state index in [0.717, 1.165) is 28.7 Å². The van der Waals surface area contributed by atoms with Gasteiger partial charge in [0.25, 0.3) is 0 Å². The molecule has 0 bridgehead atoms. The molecule has 0 aromatic heterocycles. The zero-order valence-electron chi connectivity index (χ0n) is 10.2. The van der Waals surface area contributed by atoms with Gasteiger partial charge in [0.05, 0.1) is 29.5 Å². The van der Waals surface area contributed by atoms with Crippen LogP contribution in [0.4, 0.5) is 0 Å². The van der Waals surface area contributed by atoms with Gasteiger partial charge in [-0.15, -0.1) is 0 Å². The van der Waals surface area contributed by atoms with Gasteiger partial charge in [-0.1, -0.05) is 38.9 Å². The lowest BCUT2D eigenvalue weighted by molar-refractivity contribution is 0.190. The third kappa shape index (κ3) is 4.49. The minimum atomic E-state index is 0.495. The van der Waals surface area contributed by atoms with Gasteiger partial charge in [0.15, 0.2) is 0 Å². The van der Waals surface area contributed by atoms with E-state index in [1.807, 2.05) is 0 Å². The van der Waals surface area contributed by atoms with Crippen LogP contribution in [0, 0.1) is 5.92 Å². The van der Waals surface area contributed by atoms with Crippen molar-refractivity contribution in [3.63, 3.8) is 0 Å². The van der Waals surface area contributed by atoms with Crippen LogP contribution in [0.3, 0.4) is 0 Å². The highest BCUT2D eigenvalue weighted by atomic mass is 32.1. The summed E-state index contributed by atoms with van der Waals surface area (Å²) < 4.78 is 5.22. The first-order chi connectivity index (χ1) is 7.61. The van der Waals surface area contributed by atoms with Crippen molar-refractivity contribution >= 4 is 17.1 Å². The minimum Gasteiger partial charge on any atom is -0.398 e. The van der Waals surface area contributed by atoms with Crippen LogP contribution < -0.4 is 11.1 Å². The van der Waals surface area contributed by atoms with E-state index in [1.165, 1.54) is 19.3 Å². The summed E-state index contributed by atoms with van der Waals surface area (Å²) in [6.07, 6.45) is 3.70. The molecule has 16 heavy (non-hydrogen) atoms. The standard InChI is InChI=1S/C12H22N2OS/c1-9(2)5-3-4-6-14-12-10(13)7-15-8-11(12)16/h9,14H,3-8,13H2,1-2H3. The molecule has 1 rings (SSSR count). The average molecular weight is 242 g/mol. The zero-order chi connectivity index (χ0) is 12.0. The second-order valence-corrected chi connectivity index (χ2v) is 5.13. The van der Waals surface area contributed by atoms with E-state index in [1.54, 1.807) is 0 Å². The number of hydrogen-bond donors (Lipinski definition) is 2. The Morgan fingerprint density at radius 3 is 2.75 bits per heavy atom. The zero-order valence-corrected chi connectivity index (χ0v) is 11.0. The summed E-state index contributed by atoms with van der Waals surface area (Å²) in [6.45, 7) is 6.46. The van der Waals surface area contributed by atoms with Gasteiger partial charge in [-0.25, -0.2) is 0 Å². The van der Waals surface area contributed by atoms with E-state index in [4.69, 9.17) is 22.7 Å². The van der Waals surface area contributed by atoms with Crippen molar-refractivity contribution in [2.75, 3.05) is 19.8 Å². The number of thiocarbonyl (C=S) groups is 1. The molecule has 3 nitrogen and oxygen atoms in total. The van der Waals surface area contributed by atoms with E-state index >= 15 is 0 Å². The lowest BCUT2D eigenvalue weighted by atomic mass is 10.1. The van der Waals surface area contributed by atoms with Crippen LogP contribution in [-0.4, -0.2) is 24.6 Å². The summed E-state index contributed by atoms with van der Waals surface area (Å²) in [4.78, 5) is 0.799. The van der Waals surface area contributed by atoms with Crippen molar-refractivity contribution in [1.29, 1.82) is 0 Å². The molecule has 4 heteroatoms. The van der Waals surface area contributed by atoms with Gasteiger partial charge in [0.1, 0.15) is 0 Å². The fourth-order valence-corrected chi connectivity index (χ4v) is 1.97. The van der Waals surface area contributed by atoms with Crippen molar-refractivity contribution in [1.82, 2.24) is 5.32 Å². The molecule has 0 atom stereocenters. The maximum Gasteiger partial charge on any atom is 0.0886 e. The number of nitrogens with two attached hydrogens (primary N) is 1. The summed E-state index contributed by atoms with van der Waals surface area (Å²) in [5.41, 5.74) is 7.51. The second-order valence-electron chi connectivity index (χ2n) is 4.63. The molecule has 1 aliphatic rings. The summed E-state index contributed by atoms with van der Waals surface area (Å²) in [7, 11) is 0. The molecule has 0 unspecified atom stereocenters. The summed E-state index contributed by atoms with van der Waals surface area (Å²) in [6, 6.07) is 0. The third-order valence-corrected chi connectivity index (χ3v) is 2.92. The maximum atomic E-state index is 5.84. The first-order valence-electron chi connectivity index (χ1n) is 5.94. The summed E-state index contributed by atoms with van der Waals surface area (Å²) >= 11 is 5.20. The Morgan fingerprint density at radius 1 is 1.38 bits per heavy atom. The van der Waals surface area contributed by atoms with Crippen molar-refractivity contribution < 1.29 is 4.74 Å². The third-order valence-electron chi connectivity index (χ3n) is 2.60. The highest BCUT2D eigenvalue weighted by Crippen LogP contribution is 2.09. The van der Waals surface area contributed by atoms with Gasteiger partial charge in [0, 0.05) is 6.54 Å². The monoisotopic (exact) mass is 242 g/mol. The molecule has 0 aliphatic carbocycles. The van der Waals surface area contributed by atoms with Crippen LogP contribution in [0.1, 0.15) is 33.1 Å². The SMILES string of the molecule is CC(C)CCCCNC1=C(N)COCC1=S. The first-order valence-corrected chi connectivity index (χ1v) is 6.35. The number of unbranched alkanes of at least 4 members (excludes halogenated alkanes) is 1. The topological polar surface area (TPSA) is 47.3 Å². The summed E-state index contributed by atoms with van der Waals surface area (Å²) in [5, 5.41) is 3.33. The highest BCUT2D eigenvalue weighted by Gasteiger charge is 2.14. The minimum absolute atomic E-state index is 0.495. The van der Waals surface area contributed by atoms with E-state index < -0.39 is 0 Å². The Bertz CT molecular complexity index is 274. The van der Waals surface area contributed by atoms with Gasteiger partial charge in [-0.2, -0.15) is 0 Å². The van der Waals surface area contributed by atoms with Crippen molar-refractivity contribution in [2.24, 2.45) is 11.7 Å². The molecule has 0 saturated carbocycles. The fourth-order valence-electron chi connectivity index (χ4n) is 1.68. The molecule has 0 saturated heterocycles. The van der Waals surface area contributed by atoms with Gasteiger partial charge >= 0.3 is 0 Å². The molecule has 92 valence electrons. The number of nitrogens with one attached hydrogen (secondary N) is 1. The number of hydrogen-bond acceptors (Lipinski definition) is 4. The molecule has 1 heterocycles. The van der Waals surface area contributed by atoms with Crippen molar-refractivity contribution in [3.05, 3.63) is 11.4 Å². The largest absolute Gasteiger partial charge is 0.398 e. The fraction of sp³-hybridized carbons (Fsp3) is 0.750. The predicted octanol–water partition coefficient (Wildman–Crippen LogP) is 1.97. The van der Waals surface area contributed by atoms with Gasteiger partial charge in [-0.05, 0) is 12.3 Å². The van der Waals surface area contributed by atoms with Crippen LogP contribution in [0.15, 0.2) is 11.4 Å². The normalized spacial score (nSPS) is 17.1. The Balaban J connectivity index is 2.23. The predicted molar refractivity (Wildman–Crippen MR) is 71.3 cm³/mol. The lowest BCUT2D eigenvalue weighted by Crippen LogP contribution is -2.33. The molecule has 0 fully saturated rings. The van der Waals surface area contributed by atoms with E-state index in [0.29, 0.717) is 13.2 Å². The smallest absolute Gasteiger partial charge is 0.0886 e. The van der Waals surface area contributed by atoms with Gasteiger partial charge < -0.3 is 15.8 Å². The number of rotatable bonds is 6. The molecular formula is C12H22N2OS. The lowest BCUT2D eigenvalue weighted by Gasteiger charge is -2.20. The maximum absolute atomic E-state index is 5.84. The Hall–Kier alpha value is -0.610.